The SMILES string of the molecule is COc1cccc(CNC(=O)[C@@H](C)NS(=O)(=O)c2ccccc2C(F)(F)F)c1. The molecule has 0 heterocycles. The molecule has 28 heavy (non-hydrogen) atoms. The van der Waals surface area contributed by atoms with Crippen LogP contribution in [0, 0.1) is 0 Å². The lowest BCUT2D eigenvalue weighted by Gasteiger charge is -2.17. The van der Waals surface area contributed by atoms with Gasteiger partial charge in [-0.3, -0.25) is 4.79 Å². The molecule has 152 valence electrons. The highest BCUT2D eigenvalue weighted by atomic mass is 32.2. The summed E-state index contributed by atoms with van der Waals surface area (Å²) in [5, 5.41) is 2.53. The topological polar surface area (TPSA) is 84.5 Å². The number of carbonyl (C=O) groups excluding carboxylic acids is 1. The fourth-order valence-corrected chi connectivity index (χ4v) is 3.84. The third-order valence-electron chi connectivity index (χ3n) is 3.81. The van der Waals surface area contributed by atoms with Gasteiger partial charge in [-0.25, -0.2) is 8.42 Å². The van der Waals surface area contributed by atoms with Crippen molar-refractivity contribution in [2.45, 2.75) is 30.6 Å². The van der Waals surface area contributed by atoms with E-state index in [-0.39, 0.29) is 6.54 Å². The van der Waals surface area contributed by atoms with Gasteiger partial charge in [-0.2, -0.15) is 17.9 Å². The fourth-order valence-electron chi connectivity index (χ4n) is 2.41. The van der Waals surface area contributed by atoms with E-state index in [1.807, 2.05) is 4.72 Å². The summed E-state index contributed by atoms with van der Waals surface area (Å²) >= 11 is 0. The summed E-state index contributed by atoms with van der Waals surface area (Å²) < 4.78 is 71.0. The smallest absolute Gasteiger partial charge is 0.417 e. The van der Waals surface area contributed by atoms with Gasteiger partial charge in [0.1, 0.15) is 5.75 Å². The molecule has 2 aromatic carbocycles. The number of halogens is 3. The van der Waals surface area contributed by atoms with Crippen molar-refractivity contribution in [3.63, 3.8) is 0 Å². The van der Waals surface area contributed by atoms with Crippen molar-refractivity contribution in [2.75, 3.05) is 7.11 Å². The molecule has 0 fully saturated rings. The van der Waals surface area contributed by atoms with Crippen molar-refractivity contribution in [3.05, 3.63) is 59.7 Å². The lowest BCUT2D eigenvalue weighted by atomic mass is 10.2. The molecule has 0 aromatic heterocycles. The molecule has 6 nitrogen and oxygen atoms in total. The van der Waals surface area contributed by atoms with Crippen molar-refractivity contribution in [1.82, 2.24) is 10.0 Å². The quantitative estimate of drug-likeness (QED) is 0.727. The van der Waals surface area contributed by atoms with E-state index < -0.39 is 38.6 Å². The van der Waals surface area contributed by atoms with Crippen LogP contribution in [0.4, 0.5) is 13.2 Å². The first-order valence-corrected chi connectivity index (χ1v) is 9.62. The Morgan fingerprint density at radius 2 is 1.82 bits per heavy atom. The van der Waals surface area contributed by atoms with Crippen LogP contribution in [0.3, 0.4) is 0 Å². The summed E-state index contributed by atoms with van der Waals surface area (Å²) in [6.07, 6.45) is -4.84. The number of nitrogens with one attached hydrogen (secondary N) is 2. The first-order chi connectivity index (χ1) is 13.0. The van der Waals surface area contributed by atoms with Gasteiger partial charge in [-0.15, -0.1) is 0 Å². The van der Waals surface area contributed by atoms with Crippen LogP contribution < -0.4 is 14.8 Å². The van der Waals surface area contributed by atoms with Crippen molar-refractivity contribution in [2.24, 2.45) is 0 Å². The Morgan fingerprint density at radius 3 is 2.46 bits per heavy atom. The third kappa shape index (κ3) is 5.46. The molecule has 0 bridgehead atoms. The lowest BCUT2D eigenvalue weighted by Crippen LogP contribution is -2.44. The van der Waals surface area contributed by atoms with Gasteiger partial charge in [-0.05, 0) is 36.8 Å². The van der Waals surface area contributed by atoms with Gasteiger partial charge in [0.15, 0.2) is 0 Å². The zero-order valence-corrected chi connectivity index (χ0v) is 15.9. The normalized spacial score (nSPS) is 13.0. The van der Waals surface area contributed by atoms with E-state index in [0.717, 1.165) is 12.1 Å². The summed E-state index contributed by atoms with van der Waals surface area (Å²) in [5.74, 6) is -0.0971. The van der Waals surface area contributed by atoms with E-state index in [0.29, 0.717) is 17.4 Å². The number of methoxy groups -OCH3 is 1. The van der Waals surface area contributed by atoms with Crippen molar-refractivity contribution in [3.8, 4) is 5.75 Å². The Bertz CT molecular complexity index is 946. The molecule has 0 radical (unpaired) electrons. The lowest BCUT2D eigenvalue weighted by molar-refractivity contribution is -0.139. The predicted molar refractivity (Wildman–Crippen MR) is 96.1 cm³/mol. The maximum Gasteiger partial charge on any atom is 0.417 e. The zero-order chi connectivity index (χ0) is 20.9. The van der Waals surface area contributed by atoms with Gasteiger partial charge in [-0.1, -0.05) is 24.3 Å². The second kappa shape index (κ2) is 8.61. The Morgan fingerprint density at radius 1 is 1.14 bits per heavy atom. The first-order valence-electron chi connectivity index (χ1n) is 8.14. The summed E-state index contributed by atoms with van der Waals surface area (Å²) in [7, 11) is -3.07. The number of sulfonamides is 1. The standard InChI is InChI=1S/C18H19F3N2O4S/c1-12(17(24)22-11-13-6-5-7-14(10-13)27-2)23-28(25,26)16-9-4-3-8-15(16)18(19,20)21/h3-10,12,23H,11H2,1-2H3,(H,22,24)/t12-/m1/s1. The van der Waals surface area contributed by atoms with E-state index in [9.17, 15) is 26.4 Å². The molecule has 0 saturated heterocycles. The van der Waals surface area contributed by atoms with E-state index in [2.05, 4.69) is 5.32 Å². The van der Waals surface area contributed by atoms with Gasteiger partial charge in [0.05, 0.1) is 23.6 Å². The minimum atomic E-state index is -4.84. The third-order valence-corrected chi connectivity index (χ3v) is 5.41. The molecule has 2 N–H and O–H groups in total. The van der Waals surface area contributed by atoms with E-state index in [1.54, 1.807) is 24.3 Å². The number of hydrogen-bond donors (Lipinski definition) is 2. The molecule has 0 unspecified atom stereocenters. The average molecular weight is 416 g/mol. The molecule has 1 atom stereocenters. The van der Waals surface area contributed by atoms with Gasteiger partial charge in [0.2, 0.25) is 15.9 Å². The molecule has 0 aliphatic heterocycles. The molecule has 2 aromatic rings. The van der Waals surface area contributed by atoms with Crippen LogP contribution in [0.15, 0.2) is 53.4 Å². The average Bonchev–Trinajstić information content (AvgIpc) is 2.65. The van der Waals surface area contributed by atoms with Crippen molar-refractivity contribution >= 4 is 15.9 Å². The second-order valence-electron chi connectivity index (χ2n) is 5.91. The molecule has 0 aliphatic carbocycles. The van der Waals surface area contributed by atoms with E-state index in [1.165, 1.54) is 20.1 Å². The van der Waals surface area contributed by atoms with Gasteiger partial charge in [0, 0.05) is 6.54 Å². The fraction of sp³-hybridized carbons (Fsp3) is 0.278. The van der Waals surface area contributed by atoms with Crippen LogP contribution in [0.2, 0.25) is 0 Å². The Kier molecular flexibility index (Phi) is 6.68. The number of rotatable bonds is 7. The van der Waals surface area contributed by atoms with E-state index in [4.69, 9.17) is 4.74 Å². The summed E-state index contributed by atoms with van der Waals surface area (Å²) in [6, 6.07) is 9.36. The van der Waals surface area contributed by atoms with Crippen LogP contribution >= 0.6 is 0 Å². The van der Waals surface area contributed by atoms with Gasteiger partial charge < -0.3 is 10.1 Å². The highest BCUT2D eigenvalue weighted by Gasteiger charge is 2.37. The predicted octanol–water partition coefficient (Wildman–Crippen LogP) is 2.70. The summed E-state index contributed by atoms with van der Waals surface area (Å²) in [6.45, 7) is 1.34. The maximum absolute atomic E-state index is 13.1. The maximum atomic E-state index is 13.1. The number of benzene rings is 2. The molecule has 2 rings (SSSR count). The van der Waals surface area contributed by atoms with Crippen LogP contribution in [0.25, 0.3) is 0 Å². The van der Waals surface area contributed by atoms with Crippen LogP contribution in [-0.2, 0) is 27.5 Å². The molecular formula is C18H19F3N2O4S. The van der Waals surface area contributed by atoms with Crippen LogP contribution in [0.1, 0.15) is 18.1 Å². The summed E-state index contributed by atoms with van der Waals surface area (Å²) in [5.41, 5.74) is -0.586. The minimum absolute atomic E-state index is 0.0985. The zero-order valence-electron chi connectivity index (χ0n) is 15.1. The van der Waals surface area contributed by atoms with Crippen LogP contribution in [-0.4, -0.2) is 27.5 Å². The highest BCUT2D eigenvalue weighted by Crippen LogP contribution is 2.33. The number of carbonyl (C=O) groups is 1. The molecular weight excluding hydrogens is 397 g/mol. The first kappa shape index (κ1) is 21.7. The molecule has 0 spiro atoms. The number of amides is 1. The molecule has 10 heteroatoms. The molecule has 1 amide bonds. The Labute approximate surface area is 160 Å². The number of ether oxygens (including phenoxy) is 1. The van der Waals surface area contributed by atoms with Gasteiger partial charge in [0.25, 0.3) is 0 Å². The molecule has 0 saturated carbocycles. The largest absolute Gasteiger partial charge is 0.497 e. The summed E-state index contributed by atoms with van der Waals surface area (Å²) in [4.78, 5) is 11.2. The van der Waals surface area contributed by atoms with E-state index >= 15 is 0 Å². The Balaban J connectivity index is 2.09. The Hall–Kier alpha value is -2.59. The highest BCUT2D eigenvalue weighted by molar-refractivity contribution is 7.89. The monoisotopic (exact) mass is 416 g/mol. The number of hydrogen-bond acceptors (Lipinski definition) is 4. The second-order valence-corrected chi connectivity index (χ2v) is 7.59. The number of alkyl halides is 3. The minimum Gasteiger partial charge on any atom is -0.497 e. The molecule has 0 aliphatic rings. The van der Waals surface area contributed by atoms with Crippen molar-refractivity contribution < 1.29 is 31.1 Å². The van der Waals surface area contributed by atoms with Crippen LogP contribution in [0.5, 0.6) is 5.75 Å². The van der Waals surface area contributed by atoms with Crippen molar-refractivity contribution in [1.29, 1.82) is 0 Å². The van der Waals surface area contributed by atoms with Gasteiger partial charge >= 0.3 is 6.18 Å².